The van der Waals surface area contributed by atoms with Gasteiger partial charge in [0.1, 0.15) is 11.9 Å². The van der Waals surface area contributed by atoms with Crippen LogP contribution in [0.25, 0.3) is 4.96 Å². The molecular weight excluding hydrogens is 322 g/mol. The molecule has 1 saturated heterocycles. The van der Waals surface area contributed by atoms with Gasteiger partial charge in [-0.1, -0.05) is 0 Å². The third kappa shape index (κ3) is 2.90. The second kappa shape index (κ2) is 6.35. The van der Waals surface area contributed by atoms with Crippen molar-refractivity contribution in [1.29, 1.82) is 0 Å². The minimum absolute atomic E-state index is 0.384. The topological polar surface area (TPSA) is 53.9 Å². The summed E-state index contributed by atoms with van der Waals surface area (Å²) in [6.45, 7) is 6.17. The lowest BCUT2D eigenvalue weighted by atomic mass is 10.0. The van der Waals surface area contributed by atoms with E-state index < -0.39 is 6.10 Å². The summed E-state index contributed by atoms with van der Waals surface area (Å²) < 4.78 is 7.57. The van der Waals surface area contributed by atoms with Crippen LogP contribution in [-0.2, 0) is 6.54 Å². The number of aliphatic hydroxyl groups excluding tert-OH is 1. The maximum absolute atomic E-state index is 10.4. The zero-order chi connectivity index (χ0) is 16.7. The second-order valence-electron chi connectivity index (χ2n) is 6.67. The van der Waals surface area contributed by atoms with Crippen molar-refractivity contribution in [3.8, 4) is 0 Å². The number of fused-ring (bicyclic) bond motifs is 1. The van der Waals surface area contributed by atoms with Crippen LogP contribution in [0, 0.1) is 13.8 Å². The number of aromatic nitrogens is 2. The van der Waals surface area contributed by atoms with Crippen molar-refractivity contribution in [2.75, 3.05) is 6.54 Å². The van der Waals surface area contributed by atoms with Gasteiger partial charge in [-0.3, -0.25) is 9.30 Å². The van der Waals surface area contributed by atoms with Crippen molar-refractivity contribution in [1.82, 2.24) is 14.3 Å². The number of furan rings is 1. The zero-order valence-electron chi connectivity index (χ0n) is 14.1. The minimum Gasteiger partial charge on any atom is -0.467 e. The van der Waals surface area contributed by atoms with E-state index >= 15 is 0 Å². The molecule has 1 aliphatic rings. The summed E-state index contributed by atoms with van der Waals surface area (Å²) in [5, 5.41) is 10.4. The molecule has 0 aliphatic carbocycles. The number of hydrogen-bond acceptors (Lipinski definition) is 5. The van der Waals surface area contributed by atoms with Crippen LogP contribution < -0.4 is 0 Å². The Kier molecular flexibility index (Phi) is 4.20. The Morgan fingerprint density at radius 1 is 1.46 bits per heavy atom. The average molecular weight is 345 g/mol. The second-order valence-corrected chi connectivity index (χ2v) is 7.88. The molecule has 24 heavy (non-hydrogen) atoms. The number of likely N-dealkylation sites (tertiary alicyclic amines) is 1. The van der Waals surface area contributed by atoms with E-state index in [1.165, 1.54) is 17.0 Å². The molecule has 0 radical (unpaired) electrons. The Balaban J connectivity index is 1.51. The molecule has 0 aromatic carbocycles. The molecule has 1 aliphatic heterocycles. The number of hydrogen-bond donors (Lipinski definition) is 1. The fourth-order valence-corrected chi connectivity index (χ4v) is 4.61. The maximum Gasteiger partial charge on any atom is 0.194 e. The first kappa shape index (κ1) is 15.9. The molecule has 128 valence electrons. The van der Waals surface area contributed by atoms with Crippen molar-refractivity contribution in [2.45, 2.75) is 51.8 Å². The summed E-state index contributed by atoms with van der Waals surface area (Å²) in [4.78, 5) is 9.53. The molecule has 0 unspecified atom stereocenters. The van der Waals surface area contributed by atoms with E-state index in [1.54, 1.807) is 17.6 Å². The van der Waals surface area contributed by atoms with E-state index in [0.717, 1.165) is 36.6 Å². The number of aryl methyl sites for hydroxylation is 2. The van der Waals surface area contributed by atoms with Crippen LogP contribution in [0.1, 0.15) is 47.4 Å². The molecule has 2 atom stereocenters. The normalized spacial score (nSPS) is 20.2. The van der Waals surface area contributed by atoms with Crippen LogP contribution in [0.4, 0.5) is 0 Å². The molecule has 1 fully saturated rings. The Labute approximate surface area is 145 Å². The van der Waals surface area contributed by atoms with Crippen molar-refractivity contribution in [3.05, 3.63) is 46.6 Å². The molecule has 5 nitrogen and oxygen atoms in total. The lowest BCUT2D eigenvalue weighted by Crippen LogP contribution is -2.31. The van der Waals surface area contributed by atoms with E-state index in [-0.39, 0.29) is 0 Å². The van der Waals surface area contributed by atoms with Crippen molar-refractivity contribution >= 4 is 16.3 Å². The summed E-state index contributed by atoms with van der Waals surface area (Å²) in [7, 11) is 0. The molecule has 0 amide bonds. The van der Waals surface area contributed by atoms with Crippen LogP contribution in [0.15, 0.2) is 29.0 Å². The molecular formula is C18H23N3O2S. The molecule has 0 saturated carbocycles. The van der Waals surface area contributed by atoms with E-state index in [2.05, 4.69) is 29.3 Å². The number of thiazole rings is 1. The first-order valence-electron chi connectivity index (χ1n) is 8.51. The van der Waals surface area contributed by atoms with Gasteiger partial charge >= 0.3 is 0 Å². The summed E-state index contributed by atoms with van der Waals surface area (Å²) in [5.41, 5.74) is 2.38. The Bertz CT molecular complexity index is 821. The van der Waals surface area contributed by atoms with Crippen LogP contribution in [0.3, 0.4) is 0 Å². The summed E-state index contributed by atoms with van der Waals surface area (Å²) >= 11 is 1.74. The van der Waals surface area contributed by atoms with Gasteiger partial charge in [0.2, 0.25) is 0 Å². The van der Waals surface area contributed by atoms with E-state index in [1.807, 2.05) is 12.1 Å². The van der Waals surface area contributed by atoms with Gasteiger partial charge in [0.25, 0.3) is 0 Å². The number of nitrogens with zero attached hydrogens (tertiary/aromatic N) is 3. The van der Waals surface area contributed by atoms with Gasteiger partial charge in [-0.2, -0.15) is 0 Å². The molecule has 6 heteroatoms. The predicted molar refractivity (Wildman–Crippen MR) is 94.3 cm³/mol. The lowest BCUT2D eigenvalue weighted by Gasteiger charge is -2.25. The van der Waals surface area contributed by atoms with Crippen molar-refractivity contribution < 1.29 is 9.52 Å². The number of rotatable bonds is 5. The monoisotopic (exact) mass is 345 g/mol. The fourth-order valence-electron chi connectivity index (χ4n) is 3.72. The van der Waals surface area contributed by atoms with Crippen molar-refractivity contribution in [3.63, 3.8) is 0 Å². The Morgan fingerprint density at radius 3 is 3.12 bits per heavy atom. The standard InChI is InChI=1S/C18H23N3O2S/c1-12-10-21-15(13(2)19-18(21)24-12)11-20-7-3-5-14(20)9-16(22)17-6-4-8-23-17/h4,6,8,10,14,16,22H,3,5,7,9,11H2,1-2H3/t14-,16+/m0/s1. The van der Waals surface area contributed by atoms with Gasteiger partial charge < -0.3 is 9.52 Å². The number of aliphatic hydroxyl groups is 1. The number of imidazole rings is 1. The Morgan fingerprint density at radius 2 is 2.33 bits per heavy atom. The minimum atomic E-state index is -0.527. The average Bonchev–Trinajstić information content (AvgIpc) is 3.28. The highest BCUT2D eigenvalue weighted by Gasteiger charge is 2.29. The van der Waals surface area contributed by atoms with Crippen LogP contribution in [0.5, 0.6) is 0 Å². The smallest absolute Gasteiger partial charge is 0.194 e. The van der Waals surface area contributed by atoms with Gasteiger partial charge in [0.15, 0.2) is 4.96 Å². The quantitative estimate of drug-likeness (QED) is 0.766. The third-order valence-electron chi connectivity index (χ3n) is 4.96. The molecule has 3 aromatic heterocycles. The van der Waals surface area contributed by atoms with Crippen LogP contribution >= 0.6 is 11.3 Å². The molecule has 0 bridgehead atoms. The molecule has 1 N–H and O–H groups in total. The fraction of sp³-hybridized carbons (Fsp3) is 0.500. The van der Waals surface area contributed by atoms with Gasteiger partial charge in [-0.05, 0) is 51.8 Å². The first-order chi connectivity index (χ1) is 11.6. The third-order valence-corrected chi connectivity index (χ3v) is 5.86. The van der Waals surface area contributed by atoms with Gasteiger partial charge in [0.05, 0.1) is 17.7 Å². The van der Waals surface area contributed by atoms with Gasteiger partial charge in [-0.25, -0.2) is 4.98 Å². The highest BCUT2D eigenvalue weighted by Crippen LogP contribution is 2.30. The zero-order valence-corrected chi connectivity index (χ0v) is 14.9. The first-order valence-corrected chi connectivity index (χ1v) is 9.33. The molecule has 4 heterocycles. The largest absolute Gasteiger partial charge is 0.467 e. The lowest BCUT2D eigenvalue weighted by molar-refractivity contribution is 0.0990. The summed E-state index contributed by atoms with van der Waals surface area (Å²) in [5.74, 6) is 0.665. The summed E-state index contributed by atoms with van der Waals surface area (Å²) in [6.07, 6.45) is 6.30. The highest BCUT2D eigenvalue weighted by atomic mass is 32.1. The maximum atomic E-state index is 10.4. The molecule has 4 rings (SSSR count). The predicted octanol–water partition coefficient (Wildman–Crippen LogP) is 3.69. The summed E-state index contributed by atoms with van der Waals surface area (Å²) in [6, 6.07) is 4.06. The van der Waals surface area contributed by atoms with Gasteiger partial charge in [-0.15, -0.1) is 11.3 Å². The van der Waals surface area contributed by atoms with Gasteiger partial charge in [0, 0.05) is 23.7 Å². The Hall–Kier alpha value is -1.63. The van der Waals surface area contributed by atoms with E-state index in [4.69, 9.17) is 9.40 Å². The van der Waals surface area contributed by atoms with Crippen molar-refractivity contribution in [2.24, 2.45) is 0 Å². The highest BCUT2D eigenvalue weighted by molar-refractivity contribution is 7.17. The van der Waals surface area contributed by atoms with Crippen LogP contribution in [0.2, 0.25) is 0 Å². The van der Waals surface area contributed by atoms with Crippen LogP contribution in [-0.4, -0.2) is 32.0 Å². The molecule has 0 spiro atoms. The SMILES string of the molecule is Cc1cn2c(CN3CCC[C@H]3C[C@@H](O)c3ccco3)c(C)nc2s1. The van der Waals surface area contributed by atoms with E-state index in [0.29, 0.717) is 11.8 Å². The molecule has 3 aromatic rings. The van der Waals surface area contributed by atoms with E-state index in [9.17, 15) is 5.11 Å².